The Balaban J connectivity index is 2.24. The predicted octanol–water partition coefficient (Wildman–Crippen LogP) is 1.50. The van der Waals surface area contributed by atoms with E-state index in [0.29, 0.717) is 13.2 Å². The van der Waals surface area contributed by atoms with E-state index < -0.39 is 0 Å². The molecular formula is C12H23N3O. The van der Waals surface area contributed by atoms with Crippen LogP contribution in [-0.2, 0) is 18.2 Å². The Hall–Kier alpha value is -0.870. The number of nitrogens with two attached hydrogens (primary N) is 1. The van der Waals surface area contributed by atoms with Crippen molar-refractivity contribution in [2.45, 2.75) is 38.6 Å². The van der Waals surface area contributed by atoms with Gasteiger partial charge in [-0.2, -0.15) is 0 Å². The second-order valence-corrected chi connectivity index (χ2v) is 4.33. The maximum absolute atomic E-state index is 6.14. The highest BCUT2D eigenvalue weighted by Gasteiger charge is 2.20. The second-order valence-electron chi connectivity index (χ2n) is 4.33. The molecule has 0 aliphatic carbocycles. The highest BCUT2D eigenvalue weighted by Crippen LogP contribution is 2.11. The molecule has 0 radical (unpaired) electrons. The number of ether oxygens (including phenoxy) is 1. The minimum atomic E-state index is -0.165. The Morgan fingerprint density at radius 1 is 1.44 bits per heavy atom. The predicted molar refractivity (Wildman–Crippen MR) is 65.2 cm³/mol. The lowest BCUT2D eigenvalue weighted by molar-refractivity contribution is 0.0820. The summed E-state index contributed by atoms with van der Waals surface area (Å²) >= 11 is 0. The Morgan fingerprint density at radius 3 is 2.62 bits per heavy atom. The molecule has 0 spiro atoms. The number of aryl methyl sites for hydroxylation is 1. The first-order valence-electron chi connectivity index (χ1n) is 5.94. The highest BCUT2D eigenvalue weighted by molar-refractivity contribution is 4.91. The topological polar surface area (TPSA) is 53.1 Å². The summed E-state index contributed by atoms with van der Waals surface area (Å²) in [5, 5.41) is 0. The van der Waals surface area contributed by atoms with Crippen LogP contribution in [-0.4, -0.2) is 28.3 Å². The molecule has 0 atom stereocenters. The quantitative estimate of drug-likeness (QED) is 0.715. The van der Waals surface area contributed by atoms with Gasteiger partial charge in [0.25, 0.3) is 0 Å². The maximum atomic E-state index is 6.14. The van der Waals surface area contributed by atoms with Crippen molar-refractivity contribution in [2.75, 3.05) is 13.2 Å². The minimum Gasteiger partial charge on any atom is -0.379 e. The van der Waals surface area contributed by atoms with E-state index in [0.717, 1.165) is 25.1 Å². The summed E-state index contributed by atoms with van der Waals surface area (Å²) in [5.74, 6) is 1.05. The van der Waals surface area contributed by atoms with Crippen LogP contribution in [0.15, 0.2) is 12.4 Å². The zero-order valence-electron chi connectivity index (χ0n) is 10.6. The standard InChI is InChI=1S/C12H23N3O/c1-4-12(13,5-2)10-16-9-6-11-14-7-8-15(11)3/h7-8H,4-6,9-10,13H2,1-3H3. The molecule has 0 fully saturated rings. The van der Waals surface area contributed by atoms with Crippen molar-refractivity contribution in [3.8, 4) is 0 Å². The normalized spacial score (nSPS) is 12.0. The van der Waals surface area contributed by atoms with Gasteiger partial charge in [-0.3, -0.25) is 0 Å². The second kappa shape index (κ2) is 6.01. The molecule has 0 bridgehead atoms. The van der Waals surface area contributed by atoms with E-state index in [9.17, 15) is 0 Å². The maximum Gasteiger partial charge on any atom is 0.110 e. The Morgan fingerprint density at radius 2 is 2.12 bits per heavy atom. The molecule has 0 unspecified atom stereocenters. The SMILES string of the molecule is CCC(N)(CC)COCCc1nccn1C. The summed E-state index contributed by atoms with van der Waals surface area (Å²) in [6, 6.07) is 0. The number of hydrogen-bond donors (Lipinski definition) is 1. The molecule has 1 heterocycles. The van der Waals surface area contributed by atoms with Gasteiger partial charge in [-0.1, -0.05) is 13.8 Å². The van der Waals surface area contributed by atoms with Gasteiger partial charge in [0.05, 0.1) is 13.2 Å². The summed E-state index contributed by atoms with van der Waals surface area (Å²) in [7, 11) is 1.99. The summed E-state index contributed by atoms with van der Waals surface area (Å²) in [6.45, 7) is 5.52. The van der Waals surface area contributed by atoms with Crippen LogP contribution in [0.2, 0.25) is 0 Å². The first-order chi connectivity index (χ1) is 7.61. The third-order valence-corrected chi connectivity index (χ3v) is 3.19. The molecule has 4 heteroatoms. The molecule has 4 nitrogen and oxygen atoms in total. The van der Waals surface area contributed by atoms with Crippen LogP contribution in [0.1, 0.15) is 32.5 Å². The van der Waals surface area contributed by atoms with Crippen molar-refractivity contribution < 1.29 is 4.74 Å². The van der Waals surface area contributed by atoms with E-state index >= 15 is 0 Å². The van der Waals surface area contributed by atoms with Crippen LogP contribution in [0.5, 0.6) is 0 Å². The molecule has 92 valence electrons. The summed E-state index contributed by atoms with van der Waals surface area (Å²) in [6.07, 6.45) is 6.49. The molecule has 1 rings (SSSR count). The van der Waals surface area contributed by atoms with Gasteiger partial charge in [0, 0.05) is 31.4 Å². The number of imidazole rings is 1. The van der Waals surface area contributed by atoms with Gasteiger partial charge in [0.2, 0.25) is 0 Å². The first-order valence-corrected chi connectivity index (χ1v) is 5.94. The van der Waals surface area contributed by atoms with Gasteiger partial charge in [-0.25, -0.2) is 4.98 Å². The number of hydrogen-bond acceptors (Lipinski definition) is 3. The van der Waals surface area contributed by atoms with E-state index in [1.807, 2.05) is 17.8 Å². The molecular weight excluding hydrogens is 202 g/mol. The van der Waals surface area contributed by atoms with E-state index in [4.69, 9.17) is 10.5 Å². The Kier molecular flexibility index (Phi) is 4.96. The summed E-state index contributed by atoms with van der Waals surface area (Å²) < 4.78 is 7.64. The number of rotatable bonds is 7. The monoisotopic (exact) mass is 225 g/mol. The van der Waals surface area contributed by atoms with Gasteiger partial charge in [0.1, 0.15) is 5.82 Å². The van der Waals surface area contributed by atoms with Crippen molar-refractivity contribution >= 4 is 0 Å². The molecule has 0 aromatic carbocycles. The zero-order valence-corrected chi connectivity index (χ0v) is 10.6. The average molecular weight is 225 g/mol. The molecule has 1 aromatic rings. The van der Waals surface area contributed by atoms with Crippen molar-refractivity contribution in [3.63, 3.8) is 0 Å². The third kappa shape index (κ3) is 3.61. The Bertz CT molecular complexity index is 305. The fourth-order valence-electron chi connectivity index (χ4n) is 1.53. The van der Waals surface area contributed by atoms with Crippen molar-refractivity contribution in [3.05, 3.63) is 18.2 Å². The van der Waals surface area contributed by atoms with Gasteiger partial charge < -0.3 is 15.0 Å². The third-order valence-electron chi connectivity index (χ3n) is 3.19. The van der Waals surface area contributed by atoms with Crippen LogP contribution in [0.25, 0.3) is 0 Å². The van der Waals surface area contributed by atoms with Crippen LogP contribution in [0, 0.1) is 0 Å². The number of nitrogens with zero attached hydrogens (tertiary/aromatic N) is 2. The lowest BCUT2D eigenvalue weighted by Gasteiger charge is -2.26. The van der Waals surface area contributed by atoms with Crippen LogP contribution < -0.4 is 5.73 Å². The van der Waals surface area contributed by atoms with Crippen LogP contribution in [0.4, 0.5) is 0 Å². The van der Waals surface area contributed by atoms with Crippen molar-refractivity contribution in [2.24, 2.45) is 12.8 Å². The van der Waals surface area contributed by atoms with E-state index in [1.54, 1.807) is 6.20 Å². The lowest BCUT2D eigenvalue weighted by atomic mass is 9.96. The molecule has 0 amide bonds. The van der Waals surface area contributed by atoms with Gasteiger partial charge in [-0.05, 0) is 12.8 Å². The smallest absolute Gasteiger partial charge is 0.110 e. The fraction of sp³-hybridized carbons (Fsp3) is 0.750. The van der Waals surface area contributed by atoms with E-state index in [-0.39, 0.29) is 5.54 Å². The number of aromatic nitrogens is 2. The van der Waals surface area contributed by atoms with Crippen molar-refractivity contribution in [1.29, 1.82) is 0 Å². The molecule has 2 N–H and O–H groups in total. The van der Waals surface area contributed by atoms with Gasteiger partial charge in [-0.15, -0.1) is 0 Å². The van der Waals surface area contributed by atoms with Crippen molar-refractivity contribution in [1.82, 2.24) is 9.55 Å². The first kappa shape index (κ1) is 13.2. The minimum absolute atomic E-state index is 0.165. The summed E-state index contributed by atoms with van der Waals surface area (Å²) in [4.78, 5) is 4.24. The van der Waals surface area contributed by atoms with E-state index in [2.05, 4.69) is 18.8 Å². The molecule has 0 saturated heterocycles. The van der Waals surface area contributed by atoms with Gasteiger partial charge in [0.15, 0.2) is 0 Å². The van der Waals surface area contributed by atoms with Crippen LogP contribution >= 0.6 is 0 Å². The Labute approximate surface area is 97.8 Å². The largest absolute Gasteiger partial charge is 0.379 e. The molecule has 16 heavy (non-hydrogen) atoms. The summed E-state index contributed by atoms with van der Waals surface area (Å²) in [5.41, 5.74) is 5.98. The molecule has 0 aliphatic rings. The highest BCUT2D eigenvalue weighted by atomic mass is 16.5. The van der Waals surface area contributed by atoms with E-state index in [1.165, 1.54) is 0 Å². The molecule has 0 saturated carbocycles. The molecule has 1 aromatic heterocycles. The van der Waals surface area contributed by atoms with Crippen LogP contribution in [0.3, 0.4) is 0 Å². The average Bonchev–Trinajstić information content (AvgIpc) is 2.70. The zero-order chi connectivity index (χ0) is 12.0. The van der Waals surface area contributed by atoms with Gasteiger partial charge >= 0.3 is 0 Å². The fourth-order valence-corrected chi connectivity index (χ4v) is 1.53. The lowest BCUT2D eigenvalue weighted by Crippen LogP contribution is -2.43. The molecule has 0 aliphatic heterocycles.